The van der Waals surface area contributed by atoms with Gasteiger partial charge in [-0.3, -0.25) is 9.97 Å². The summed E-state index contributed by atoms with van der Waals surface area (Å²) in [5.74, 6) is -0.786. The monoisotopic (exact) mass is 624 g/mol. The third-order valence-electron chi connectivity index (χ3n) is 6.76. The van der Waals surface area contributed by atoms with Crippen LogP contribution in [0.1, 0.15) is 15.9 Å². The zero-order valence-electron chi connectivity index (χ0n) is 23.0. The molecule has 12 heteroatoms. The van der Waals surface area contributed by atoms with E-state index in [4.69, 9.17) is 4.74 Å². The molecule has 0 aliphatic carbocycles. The van der Waals surface area contributed by atoms with Crippen LogP contribution < -0.4 is 0 Å². The molecular formula is C32H24N4O6S2. The smallest absolute Gasteiger partial charge is 0.340 e. The lowest BCUT2D eigenvalue weighted by Gasteiger charge is -2.10. The zero-order valence-corrected chi connectivity index (χ0v) is 24.6. The second-order valence-corrected chi connectivity index (χ2v) is 13.3. The summed E-state index contributed by atoms with van der Waals surface area (Å²) in [6.07, 6.45) is 8.05. The van der Waals surface area contributed by atoms with Crippen LogP contribution in [-0.2, 0) is 31.4 Å². The molecule has 0 fully saturated rings. The molecule has 6 rings (SSSR count). The quantitative estimate of drug-likeness (QED) is 0.200. The molecule has 4 aromatic heterocycles. The molecule has 0 N–H and O–H groups in total. The molecule has 0 bridgehead atoms. The Morgan fingerprint density at radius 2 is 1.14 bits per heavy atom. The summed E-state index contributed by atoms with van der Waals surface area (Å²) in [6.45, 7) is -0.268. The van der Waals surface area contributed by atoms with Gasteiger partial charge in [0.15, 0.2) is 0 Å². The summed E-state index contributed by atoms with van der Waals surface area (Å²) < 4.78 is 61.9. The van der Waals surface area contributed by atoms with Crippen LogP contribution in [0.2, 0.25) is 0 Å². The minimum Gasteiger partial charge on any atom is -0.457 e. The summed E-state index contributed by atoms with van der Waals surface area (Å²) in [7, 11) is -8.13. The van der Waals surface area contributed by atoms with Crippen molar-refractivity contribution in [2.24, 2.45) is 0 Å². The maximum Gasteiger partial charge on any atom is 0.340 e. The number of esters is 1. The lowest BCUT2D eigenvalue weighted by Crippen LogP contribution is -2.14. The first-order chi connectivity index (χ1) is 21.2. The second kappa shape index (κ2) is 11.7. The van der Waals surface area contributed by atoms with E-state index in [1.54, 1.807) is 60.7 Å². The van der Waals surface area contributed by atoms with Crippen molar-refractivity contribution in [3.8, 4) is 22.5 Å². The highest BCUT2D eigenvalue weighted by Crippen LogP contribution is 2.29. The lowest BCUT2D eigenvalue weighted by atomic mass is 10.1. The highest BCUT2D eigenvalue weighted by molar-refractivity contribution is 7.90. The molecule has 4 heterocycles. The molecule has 0 aliphatic heterocycles. The van der Waals surface area contributed by atoms with Gasteiger partial charge < -0.3 is 4.74 Å². The van der Waals surface area contributed by atoms with Crippen LogP contribution in [0.5, 0.6) is 0 Å². The third-order valence-corrected chi connectivity index (χ3v) is 10.1. The van der Waals surface area contributed by atoms with Gasteiger partial charge in [0.1, 0.15) is 16.4 Å². The Bertz CT molecular complexity index is 2150. The van der Waals surface area contributed by atoms with E-state index in [-0.39, 0.29) is 27.7 Å². The van der Waals surface area contributed by atoms with Gasteiger partial charge in [-0.25, -0.2) is 29.6 Å². The average molecular weight is 625 g/mol. The number of pyridine rings is 2. The minimum absolute atomic E-state index is 0.000863. The standard InChI is InChI=1S/C32H24N4O6S2/c37-32(27-18-31(26-11-5-2-6-12-26)36(22-27)44(40,41)29-14-8-16-34-20-29)42-23-24-17-30(25-9-3-1-4-10-25)35(21-24)43(38,39)28-13-7-15-33-19-28/h1-22H,23H2. The number of hydrogen-bond acceptors (Lipinski definition) is 8. The van der Waals surface area contributed by atoms with Crippen molar-refractivity contribution in [3.05, 3.63) is 145 Å². The molecule has 0 unspecified atom stereocenters. The number of nitrogens with zero attached hydrogens (tertiary/aromatic N) is 4. The minimum atomic E-state index is -4.10. The molecule has 0 saturated heterocycles. The lowest BCUT2D eigenvalue weighted by molar-refractivity contribution is 0.0473. The van der Waals surface area contributed by atoms with Crippen molar-refractivity contribution >= 4 is 26.0 Å². The van der Waals surface area contributed by atoms with E-state index in [0.29, 0.717) is 22.4 Å². The van der Waals surface area contributed by atoms with E-state index in [2.05, 4.69) is 9.97 Å². The Kier molecular flexibility index (Phi) is 7.68. The molecular weight excluding hydrogens is 601 g/mol. The number of aromatic nitrogens is 4. The normalized spacial score (nSPS) is 11.7. The van der Waals surface area contributed by atoms with Gasteiger partial charge in [0.05, 0.1) is 17.0 Å². The Morgan fingerprint density at radius 1 is 0.636 bits per heavy atom. The van der Waals surface area contributed by atoms with Crippen LogP contribution in [0.15, 0.2) is 144 Å². The van der Waals surface area contributed by atoms with Crippen molar-refractivity contribution in [2.45, 2.75) is 16.4 Å². The van der Waals surface area contributed by atoms with Crippen LogP contribution in [0.3, 0.4) is 0 Å². The van der Waals surface area contributed by atoms with E-state index < -0.39 is 26.0 Å². The molecule has 10 nitrogen and oxygen atoms in total. The van der Waals surface area contributed by atoms with Gasteiger partial charge in [-0.05, 0) is 47.5 Å². The molecule has 0 atom stereocenters. The summed E-state index contributed by atoms with van der Waals surface area (Å²) in [4.78, 5) is 21.1. The van der Waals surface area contributed by atoms with Gasteiger partial charge >= 0.3 is 5.97 Å². The largest absolute Gasteiger partial charge is 0.457 e. The van der Waals surface area contributed by atoms with E-state index in [9.17, 15) is 21.6 Å². The maximum absolute atomic E-state index is 13.5. The Morgan fingerprint density at radius 3 is 1.64 bits per heavy atom. The van der Waals surface area contributed by atoms with Crippen LogP contribution in [0.25, 0.3) is 22.5 Å². The highest BCUT2D eigenvalue weighted by Gasteiger charge is 2.26. The predicted molar refractivity (Wildman–Crippen MR) is 162 cm³/mol. The number of carbonyl (C=O) groups is 1. The number of ether oxygens (including phenoxy) is 1. The first-order valence-electron chi connectivity index (χ1n) is 13.3. The van der Waals surface area contributed by atoms with Gasteiger partial charge in [0, 0.05) is 42.7 Å². The fourth-order valence-electron chi connectivity index (χ4n) is 4.63. The van der Waals surface area contributed by atoms with Crippen molar-refractivity contribution < 1.29 is 26.4 Å². The molecule has 0 spiro atoms. The molecule has 220 valence electrons. The fourth-order valence-corrected chi connectivity index (χ4v) is 7.33. The van der Waals surface area contributed by atoms with Gasteiger partial charge in [-0.2, -0.15) is 0 Å². The molecule has 0 saturated carbocycles. The summed E-state index contributed by atoms with van der Waals surface area (Å²) in [6, 6.07) is 26.7. The van der Waals surface area contributed by atoms with Gasteiger partial charge in [-0.15, -0.1) is 0 Å². The molecule has 44 heavy (non-hydrogen) atoms. The Hall–Kier alpha value is -5.33. The number of benzene rings is 2. The van der Waals surface area contributed by atoms with E-state index >= 15 is 0 Å². The van der Waals surface area contributed by atoms with E-state index in [0.717, 1.165) is 7.94 Å². The number of hydrogen-bond donors (Lipinski definition) is 0. The molecule has 0 aliphatic rings. The van der Waals surface area contributed by atoms with E-state index in [1.165, 1.54) is 67.5 Å². The molecule has 0 amide bonds. The Labute approximate surface area is 254 Å². The van der Waals surface area contributed by atoms with E-state index in [1.807, 2.05) is 6.07 Å². The van der Waals surface area contributed by atoms with Crippen LogP contribution >= 0.6 is 0 Å². The van der Waals surface area contributed by atoms with Crippen molar-refractivity contribution in [1.82, 2.24) is 17.9 Å². The van der Waals surface area contributed by atoms with Crippen molar-refractivity contribution in [1.29, 1.82) is 0 Å². The number of rotatable bonds is 9. The van der Waals surface area contributed by atoms with Crippen molar-refractivity contribution in [2.75, 3.05) is 0 Å². The SMILES string of the molecule is O=C(OCc1cc(-c2ccccc2)n(S(=O)(=O)c2cccnc2)c1)c1cc(-c2ccccc2)n(S(=O)(=O)c2cccnc2)c1. The van der Waals surface area contributed by atoms with Gasteiger partial charge in [0.25, 0.3) is 20.0 Å². The van der Waals surface area contributed by atoms with Crippen LogP contribution in [0, 0.1) is 0 Å². The summed E-state index contributed by atoms with van der Waals surface area (Å²) >= 11 is 0. The first-order valence-corrected chi connectivity index (χ1v) is 16.2. The highest BCUT2D eigenvalue weighted by atomic mass is 32.2. The number of carbonyl (C=O) groups excluding carboxylic acids is 1. The fraction of sp³-hybridized carbons (Fsp3) is 0.0312. The van der Waals surface area contributed by atoms with Crippen LogP contribution in [-0.4, -0.2) is 40.7 Å². The zero-order chi connectivity index (χ0) is 30.7. The van der Waals surface area contributed by atoms with Crippen molar-refractivity contribution in [3.63, 3.8) is 0 Å². The second-order valence-electron chi connectivity index (χ2n) is 9.63. The van der Waals surface area contributed by atoms with Gasteiger partial charge in [-0.1, -0.05) is 60.7 Å². The maximum atomic E-state index is 13.5. The summed E-state index contributed by atoms with van der Waals surface area (Å²) in [5.41, 5.74) is 2.27. The first kappa shape index (κ1) is 28.8. The topological polar surface area (TPSA) is 130 Å². The molecule has 6 aromatic rings. The molecule has 2 aromatic carbocycles. The Balaban J connectivity index is 1.33. The molecule has 0 radical (unpaired) electrons. The predicted octanol–water partition coefficient (Wildman–Crippen LogP) is 5.24. The van der Waals surface area contributed by atoms with Crippen LogP contribution in [0.4, 0.5) is 0 Å². The third kappa shape index (κ3) is 5.55. The van der Waals surface area contributed by atoms with Gasteiger partial charge in [0.2, 0.25) is 0 Å². The summed E-state index contributed by atoms with van der Waals surface area (Å²) in [5, 5.41) is 0. The average Bonchev–Trinajstić information content (AvgIpc) is 3.72.